The van der Waals surface area contributed by atoms with Gasteiger partial charge in [0.1, 0.15) is 0 Å². The summed E-state index contributed by atoms with van der Waals surface area (Å²) in [6.07, 6.45) is 6.40. The fourth-order valence-corrected chi connectivity index (χ4v) is 2.58. The minimum atomic E-state index is 0.231. The van der Waals surface area contributed by atoms with Gasteiger partial charge in [-0.2, -0.15) is 5.10 Å². The molecule has 2 rings (SSSR count). The normalized spacial score (nSPS) is 16.8. The number of rotatable bonds is 5. The third-order valence-corrected chi connectivity index (χ3v) is 3.76. The number of likely N-dealkylation sites (tertiary alicyclic amines) is 1. The van der Waals surface area contributed by atoms with E-state index in [4.69, 9.17) is 0 Å². The van der Waals surface area contributed by atoms with Gasteiger partial charge in [0.25, 0.3) is 0 Å². The van der Waals surface area contributed by atoms with Crippen LogP contribution in [0.3, 0.4) is 0 Å². The van der Waals surface area contributed by atoms with Gasteiger partial charge >= 0.3 is 0 Å². The maximum atomic E-state index is 12.2. The predicted molar refractivity (Wildman–Crippen MR) is 74.8 cm³/mol. The molecule has 1 aliphatic rings. The molecule has 1 aromatic heterocycles. The summed E-state index contributed by atoms with van der Waals surface area (Å²) < 4.78 is 1.74. The Kier molecular flexibility index (Phi) is 4.96. The Bertz CT molecular complexity index is 407. The molecule has 1 aromatic rings. The number of piperidine rings is 1. The van der Waals surface area contributed by atoms with Crippen LogP contribution in [-0.4, -0.2) is 46.8 Å². The van der Waals surface area contributed by atoms with Crippen molar-refractivity contribution in [3.05, 3.63) is 18.0 Å². The molecule has 0 radical (unpaired) electrons. The van der Waals surface area contributed by atoms with Crippen LogP contribution in [0, 0.1) is 5.92 Å². The molecule has 0 aliphatic carbocycles. The van der Waals surface area contributed by atoms with E-state index in [1.54, 1.807) is 10.9 Å². The minimum Gasteiger partial charge on any atom is -0.342 e. The first-order chi connectivity index (χ1) is 9.19. The van der Waals surface area contributed by atoms with E-state index in [0.717, 1.165) is 50.5 Å². The van der Waals surface area contributed by atoms with Crippen molar-refractivity contribution in [1.29, 1.82) is 0 Å². The Morgan fingerprint density at radius 1 is 1.47 bits per heavy atom. The van der Waals surface area contributed by atoms with E-state index in [1.165, 1.54) is 0 Å². The van der Waals surface area contributed by atoms with Crippen molar-refractivity contribution >= 4 is 5.91 Å². The molecule has 0 unspecified atom stereocenters. The highest BCUT2D eigenvalue weighted by atomic mass is 16.2. The highest BCUT2D eigenvalue weighted by Gasteiger charge is 2.22. The summed E-state index contributed by atoms with van der Waals surface area (Å²) in [4.78, 5) is 14.2. The standard InChI is InChI=1S/C14H24N4O/c1-3-15-9-12-4-6-18(7-5-12)14(19)8-13-10-16-17(2)11-13/h10-12,15H,3-9H2,1-2H3. The molecule has 5 heteroatoms. The molecular formula is C14H24N4O. The second-order valence-corrected chi connectivity index (χ2v) is 5.33. The van der Waals surface area contributed by atoms with Gasteiger partial charge in [-0.25, -0.2) is 0 Å². The molecule has 5 nitrogen and oxygen atoms in total. The number of aryl methyl sites for hydroxylation is 1. The number of amides is 1. The van der Waals surface area contributed by atoms with Gasteiger partial charge in [-0.15, -0.1) is 0 Å². The molecule has 0 aromatic carbocycles. The molecule has 1 saturated heterocycles. The zero-order valence-corrected chi connectivity index (χ0v) is 11.9. The van der Waals surface area contributed by atoms with Crippen molar-refractivity contribution in [2.45, 2.75) is 26.2 Å². The Morgan fingerprint density at radius 3 is 2.79 bits per heavy atom. The lowest BCUT2D eigenvalue weighted by Gasteiger charge is -2.32. The van der Waals surface area contributed by atoms with E-state index in [9.17, 15) is 4.79 Å². The number of carbonyl (C=O) groups is 1. The number of hydrogen-bond acceptors (Lipinski definition) is 3. The first kappa shape index (κ1) is 14.1. The van der Waals surface area contributed by atoms with Crippen LogP contribution in [-0.2, 0) is 18.3 Å². The van der Waals surface area contributed by atoms with Crippen LogP contribution in [0.2, 0.25) is 0 Å². The van der Waals surface area contributed by atoms with Gasteiger partial charge in [-0.3, -0.25) is 9.48 Å². The van der Waals surface area contributed by atoms with Crippen LogP contribution in [0.4, 0.5) is 0 Å². The van der Waals surface area contributed by atoms with Crippen LogP contribution < -0.4 is 5.32 Å². The lowest BCUT2D eigenvalue weighted by atomic mass is 9.96. The summed E-state index contributed by atoms with van der Waals surface area (Å²) in [5, 5.41) is 7.49. The largest absolute Gasteiger partial charge is 0.342 e. The van der Waals surface area contributed by atoms with Crippen molar-refractivity contribution in [3.8, 4) is 0 Å². The van der Waals surface area contributed by atoms with Gasteiger partial charge in [0.15, 0.2) is 0 Å². The molecule has 19 heavy (non-hydrogen) atoms. The van der Waals surface area contributed by atoms with Gasteiger partial charge in [0, 0.05) is 26.3 Å². The molecule has 106 valence electrons. The maximum Gasteiger partial charge on any atom is 0.227 e. The number of nitrogens with zero attached hydrogens (tertiary/aromatic N) is 3. The first-order valence-electron chi connectivity index (χ1n) is 7.15. The second kappa shape index (κ2) is 6.70. The summed E-state index contributed by atoms with van der Waals surface area (Å²) in [7, 11) is 1.88. The summed E-state index contributed by atoms with van der Waals surface area (Å²) >= 11 is 0. The first-order valence-corrected chi connectivity index (χ1v) is 7.15. The fourth-order valence-electron chi connectivity index (χ4n) is 2.58. The molecule has 1 N–H and O–H groups in total. The Hall–Kier alpha value is -1.36. The fraction of sp³-hybridized carbons (Fsp3) is 0.714. The van der Waals surface area contributed by atoms with E-state index in [0.29, 0.717) is 6.42 Å². The summed E-state index contributed by atoms with van der Waals surface area (Å²) in [6, 6.07) is 0. The van der Waals surface area contributed by atoms with E-state index in [1.807, 2.05) is 18.1 Å². The van der Waals surface area contributed by atoms with Crippen molar-refractivity contribution in [3.63, 3.8) is 0 Å². The van der Waals surface area contributed by atoms with Gasteiger partial charge < -0.3 is 10.2 Å². The van der Waals surface area contributed by atoms with E-state index >= 15 is 0 Å². The summed E-state index contributed by atoms with van der Waals surface area (Å²) in [5.74, 6) is 0.956. The molecule has 0 saturated carbocycles. The zero-order chi connectivity index (χ0) is 13.7. The molecule has 1 aliphatic heterocycles. The highest BCUT2D eigenvalue weighted by Crippen LogP contribution is 2.17. The third kappa shape index (κ3) is 4.06. The molecule has 0 atom stereocenters. The SMILES string of the molecule is CCNCC1CCN(C(=O)Cc2cnn(C)c2)CC1. The second-order valence-electron chi connectivity index (χ2n) is 5.33. The Morgan fingerprint density at radius 2 is 2.21 bits per heavy atom. The van der Waals surface area contributed by atoms with Gasteiger partial charge in [0.05, 0.1) is 12.6 Å². The van der Waals surface area contributed by atoms with Gasteiger partial charge in [-0.05, 0) is 37.4 Å². The molecular weight excluding hydrogens is 240 g/mol. The molecule has 0 bridgehead atoms. The third-order valence-electron chi connectivity index (χ3n) is 3.76. The molecule has 1 fully saturated rings. The summed E-state index contributed by atoms with van der Waals surface area (Å²) in [5.41, 5.74) is 1.00. The summed E-state index contributed by atoms with van der Waals surface area (Å²) in [6.45, 7) is 6.04. The number of nitrogens with one attached hydrogen (secondary N) is 1. The predicted octanol–water partition coefficient (Wildman–Crippen LogP) is 0.811. The Balaban J connectivity index is 1.76. The van der Waals surface area contributed by atoms with Crippen LogP contribution in [0.5, 0.6) is 0 Å². The van der Waals surface area contributed by atoms with Crippen LogP contribution >= 0.6 is 0 Å². The zero-order valence-electron chi connectivity index (χ0n) is 11.9. The average Bonchev–Trinajstić information content (AvgIpc) is 2.82. The van der Waals surface area contributed by atoms with Gasteiger partial charge in [0.2, 0.25) is 5.91 Å². The van der Waals surface area contributed by atoms with Crippen LogP contribution in [0.15, 0.2) is 12.4 Å². The van der Waals surface area contributed by atoms with Gasteiger partial charge in [-0.1, -0.05) is 6.92 Å². The van der Waals surface area contributed by atoms with Crippen LogP contribution in [0.1, 0.15) is 25.3 Å². The van der Waals surface area contributed by atoms with Crippen molar-refractivity contribution in [2.75, 3.05) is 26.2 Å². The number of hydrogen-bond donors (Lipinski definition) is 1. The highest BCUT2D eigenvalue weighted by molar-refractivity contribution is 5.78. The molecule has 1 amide bonds. The number of aromatic nitrogens is 2. The van der Waals surface area contributed by atoms with E-state index < -0.39 is 0 Å². The van der Waals surface area contributed by atoms with Crippen molar-refractivity contribution in [2.24, 2.45) is 13.0 Å². The average molecular weight is 264 g/mol. The van der Waals surface area contributed by atoms with Crippen LogP contribution in [0.25, 0.3) is 0 Å². The minimum absolute atomic E-state index is 0.231. The van der Waals surface area contributed by atoms with E-state index in [2.05, 4.69) is 17.3 Å². The smallest absolute Gasteiger partial charge is 0.227 e. The number of carbonyl (C=O) groups excluding carboxylic acids is 1. The maximum absolute atomic E-state index is 12.2. The quantitative estimate of drug-likeness (QED) is 0.856. The molecule has 0 spiro atoms. The lowest BCUT2D eigenvalue weighted by molar-refractivity contribution is -0.131. The monoisotopic (exact) mass is 264 g/mol. The van der Waals surface area contributed by atoms with Crippen molar-refractivity contribution in [1.82, 2.24) is 20.0 Å². The Labute approximate surface area is 115 Å². The topological polar surface area (TPSA) is 50.2 Å². The lowest BCUT2D eigenvalue weighted by Crippen LogP contribution is -2.41. The van der Waals surface area contributed by atoms with Crippen molar-refractivity contribution < 1.29 is 4.79 Å². The molecule has 2 heterocycles. The van der Waals surface area contributed by atoms with E-state index in [-0.39, 0.29) is 5.91 Å².